The molecule has 3 atom stereocenters. The molecule has 0 spiro atoms. The third-order valence-electron chi connectivity index (χ3n) is 5.57. The van der Waals surface area contributed by atoms with E-state index >= 15 is 0 Å². The Kier molecular flexibility index (Phi) is 7.57. The van der Waals surface area contributed by atoms with Crippen LogP contribution in [0.4, 0.5) is 4.79 Å². The average Bonchev–Trinajstić information content (AvgIpc) is 3.45. The maximum atomic E-state index is 13.3. The topological polar surface area (TPSA) is 118 Å². The average molecular weight is 476 g/mol. The number of carbonyl (C=O) groups excluding carboxylic acids is 2. The summed E-state index contributed by atoms with van der Waals surface area (Å²) >= 11 is 1.59. The molecule has 3 heterocycles. The molecule has 33 heavy (non-hydrogen) atoms. The molecule has 178 valence electrons. The third kappa shape index (κ3) is 6.01. The number of aliphatic carboxylic acids is 1. The molecular weight excluding hydrogens is 446 g/mol. The number of pyridine rings is 1. The Hall–Kier alpha value is -3.14. The van der Waals surface area contributed by atoms with Crippen molar-refractivity contribution in [3.63, 3.8) is 0 Å². The molecule has 3 unspecified atom stereocenters. The van der Waals surface area contributed by atoms with Crippen molar-refractivity contribution in [2.45, 2.75) is 39.3 Å². The van der Waals surface area contributed by atoms with Crippen LogP contribution in [0.15, 0.2) is 35.3 Å². The quantitative estimate of drug-likeness (QED) is 0.631. The minimum absolute atomic E-state index is 0.182. The first-order valence-electron chi connectivity index (χ1n) is 10.6. The molecule has 2 aromatic heterocycles. The van der Waals surface area contributed by atoms with Crippen molar-refractivity contribution in [3.05, 3.63) is 35.3 Å². The second-order valence-corrected chi connectivity index (χ2v) is 9.89. The summed E-state index contributed by atoms with van der Waals surface area (Å²) in [5.41, 5.74) is 1.34. The van der Waals surface area contributed by atoms with Crippen LogP contribution in [0.2, 0.25) is 0 Å². The zero-order chi connectivity index (χ0) is 24.2. The maximum Gasteiger partial charge on any atom is 0.407 e. The lowest BCUT2D eigenvalue weighted by atomic mass is 9.85. The van der Waals surface area contributed by atoms with Crippen LogP contribution in [0.5, 0.6) is 5.75 Å². The number of nitrogens with one attached hydrogen (secondary N) is 1. The number of likely N-dealkylation sites (tertiary alicyclic amines) is 1. The zero-order valence-corrected chi connectivity index (χ0v) is 19.9. The van der Waals surface area contributed by atoms with Crippen LogP contribution < -0.4 is 10.1 Å². The number of hydrogen-bond acceptors (Lipinski definition) is 7. The van der Waals surface area contributed by atoms with Gasteiger partial charge in [0.1, 0.15) is 17.8 Å². The number of alkyl carbamates (subject to hydrolysis) is 1. The van der Waals surface area contributed by atoms with Gasteiger partial charge in [-0.3, -0.25) is 9.78 Å². The van der Waals surface area contributed by atoms with E-state index in [9.17, 15) is 19.5 Å². The van der Waals surface area contributed by atoms with Crippen molar-refractivity contribution < 1.29 is 29.0 Å². The number of ether oxygens (including phenoxy) is 2. The molecule has 0 bridgehead atoms. The van der Waals surface area contributed by atoms with Gasteiger partial charge in [-0.15, -0.1) is 0 Å². The number of rotatable bonds is 7. The molecule has 0 radical (unpaired) electrons. The van der Waals surface area contributed by atoms with Gasteiger partial charge in [0, 0.05) is 24.2 Å². The molecule has 0 aromatic carbocycles. The highest BCUT2D eigenvalue weighted by Gasteiger charge is 2.45. The Bertz CT molecular complexity index is 988. The van der Waals surface area contributed by atoms with Crippen LogP contribution >= 0.6 is 11.3 Å². The van der Waals surface area contributed by atoms with Gasteiger partial charge in [0.2, 0.25) is 5.91 Å². The molecule has 10 heteroatoms. The largest absolute Gasteiger partial charge is 0.492 e. The summed E-state index contributed by atoms with van der Waals surface area (Å²) in [6, 6.07) is 1.96. The number of aromatic nitrogens is 1. The summed E-state index contributed by atoms with van der Waals surface area (Å²) < 4.78 is 10.6. The van der Waals surface area contributed by atoms with Gasteiger partial charge in [0.25, 0.3) is 0 Å². The first kappa shape index (κ1) is 24.5. The fourth-order valence-electron chi connectivity index (χ4n) is 3.81. The lowest BCUT2D eigenvalue weighted by Gasteiger charge is -2.34. The van der Waals surface area contributed by atoms with Crippen LogP contribution in [0.25, 0.3) is 11.1 Å². The van der Waals surface area contributed by atoms with Gasteiger partial charge >= 0.3 is 12.1 Å². The molecule has 1 aliphatic heterocycles. The highest BCUT2D eigenvalue weighted by molar-refractivity contribution is 7.08. The summed E-state index contributed by atoms with van der Waals surface area (Å²) in [7, 11) is 1.21. The van der Waals surface area contributed by atoms with Gasteiger partial charge in [-0.1, -0.05) is 20.8 Å². The number of carboxylic acid groups (broad SMARTS) is 1. The number of carboxylic acids is 1. The standard InChI is InChI=1S/C23H29N3O6S/c1-23(2,3)19(25-22(30)31-4)20(27)26-11-14(7-18(26)21(28)29)12-32-17-8-16(9-24-10-17)15-5-6-33-13-15/h5-6,8-10,13-14,18-19H,7,11-12H2,1-4H3,(H,25,30)(H,28,29). The molecule has 0 aliphatic carbocycles. The Morgan fingerprint density at radius 1 is 1.30 bits per heavy atom. The number of carbonyl (C=O) groups is 3. The molecule has 0 saturated carbocycles. The molecule has 2 aromatic rings. The van der Waals surface area contributed by atoms with E-state index in [-0.39, 0.29) is 25.5 Å². The van der Waals surface area contributed by atoms with Crippen molar-refractivity contribution >= 4 is 29.3 Å². The predicted octanol–water partition coefficient (Wildman–Crippen LogP) is 3.26. The first-order chi connectivity index (χ1) is 15.6. The Labute approximate surface area is 196 Å². The highest BCUT2D eigenvalue weighted by atomic mass is 32.1. The van der Waals surface area contributed by atoms with Gasteiger partial charge in [0.15, 0.2) is 0 Å². The van der Waals surface area contributed by atoms with Crippen molar-refractivity contribution in [2.75, 3.05) is 20.3 Å². The number of methoxy groups -OCH3 is 1. The van der Waals surface area contributed by atoms with E-state index in [0.29, 0.717) is 5.75 Å². The molecular formula is C23H29N3O6S. The maximum absolute atomic E-state index is 13.3. The van der Waals surface area contributed by atoms with E-state index in [0.717, 1.165) is 11.1 Å². The Morgan fingerprint density at radius 3 is 2.67 bits per heavy atom. The van der Waals surface area contributed by atoms with E-state index in [1.807, 2.05) is 22.9 Å². The zero-order valence-electron chi connectivity index (χ0n) is 19.1. The van der Waals surface area contributed by atoms with Crippen molar-refractivity contribution in [3.8, 4) is 16.9 Å². The van der Waals surface area contributed by atoms with E-state index in [2.05, 4.69) is 15.0 Å². The van der Waals surface area contributed by atoms with E-state index in [1.54, 1.807) is 44.5 Å². The number of nitrogens with zero attached hydrogens (tertiary/aromatic N) is 2. The SMILES string of the molecule is COC(=O)NC(C(=O)N1CC(COc2cncc(-c3ccsc3)c2)CC1C(=O)O)C(C)(C)C. The van der Waals surface area contributed by atoms with Gasteiger partial charge in [-0.25, -0.2) is 9.59 Å². The molecule has 9 nitrogen and oxygen atoms in total. The second-order valence-electron chi connectivity index (χ2n) is 9.11. The predicted molar refractivity (Wildman–Crippen MR) is 123 cm³/mol. The van der Waals surface area contributed by atoms with Crippen LogP contribution in [0.3, 0.4) is 0 Å². The first-order valence-corrected chi connectivity index (χ1v) is 11.5. The summed E-state index contributed by atoms with van der Waals surface area (Å²) in [5.74, 6) is -1.14. The summed E-state index contributed by atoms with van der Waals surface area (Å²) in [4.78, 5) is 42.5. The van der Waals surface area contributed by atoms with Gasteiger partial charge in [0.05, 0.1) is 19.9 Å². The fraction of sp³-hybridized carbons (Fsp3) is 0.478. The minimum atomic E-state index is -1.09. The van der Waals surface area contributed by atoms with Gasteiger partial charge in [-0.2, -0.15) is 11.3 Å². The molecule has 3 rings (SSSR count). The number of amides is 2. The van der Waals surface area contributed by atoms with E-state index < -0.39 is 35.5 Å². The van der Waals surface area contributed by atoms with Crippen molar-refractivity contribution in [1.29, 1.82) is 0 Å². The summed E-state index contributed by atoms with van der Waals surface area (Å²) in [6.45, 7) is 5.85. The van der Waals surface area contributed by atoms with Crippen LogP contribution in [-0.2, 0) is 14.3 Å². The van der Waals surface area contributed by atoms with Crippen LogP contribution in [0, 0.1) is 11.3 Å². The number of hydrogen-bond donors (Lipinski definition) is 2. The molecule has 1 fully saturated rings. The molecule has 1 aliphatic rings. The van der Waals surface area contributed by atoms with Crippen LogP contribution in [-0.4, -0.2) is 65.3 Å². The Balaban J connectivity index is 1.70. The molecule has 1 saturated heterocycles. The number of thiophene rings is 1. The second kappa shape index (κ2) is 10.2. The van der Waals surface area contributed by atoms with Gasteiger partial charge < -0.3 is 24.8 Å². The van der Waals surface area contributed by atoms with Crippen molar-refractivity contribution in [1.82, 2.24) is 15.2 Å². The summed E-state index contributed by atoms with van der Waals surface area (Å²) in [5, 5.41) is 16.3. The molecule has 2 N–H and O–H groups in total. The lowest BCUT2D eigenvalue weighted by molar-refractivity contribution is -0.150. The normalized spacial score (nSPS) is 19.1. The van der Waals surface area contributed by atoms with E-state index in [1.165, 1.54) is 12.0 Å². The lowest BCUT2D eigenvalue weighted by Crippen LogP contribution is -2.56. The third-order valence-corrected chi connectivity index (χ3v) is 6.25. The van der Waals surface area contributed by atoms with Crippen LogP contribution in [0.1, 0.15) is 27.2 Å². The van der Waals surface area contributed by atoms with Gasteiger partial charge in [-0.05, 0) is 40.3 Å². The van der Waals surface area contributed by atoms with E-state index in [4.69, 9.17) is 4.74 Å². The fourth-order valence-corrected chi connectivity index (χ4v) is 4.48. The minimum Gasteiger partial charge on any atom is -0.492 e. The monoisotopic (exact) mass is 475 g/mol. The Morgan fingerprint density at radius 2 is 2.06 bits per heavy atom. The highest BCUT2D eigenvalue weighted by Crippen LogP contribution is 2.30. The smallest absolute Gasteiger partial charge is 0.407 e. The summed E-state index contributed by atoms with van der Waals surface area (Å²) in [6.07, 6.45) is 2.88. The molecule has 2 amide bonds. The van der Waals surface area contributed by atoms with Crippen molar-refractivity contribution in [2.24, 2.45) is 11.3 Å².